The summed E-state index contributed by atoms with van der Waals surface area (Å²) in [6.45, 7) is 1.81. The zero-order valence-corrected chi connectivity index (χ0v) is 13.0. The number of carbonyl (C=O) groups is 1. The zero-order valence-electron chi connectivity index (χ0n) is 12.1. The molecule has 0 bridgehead atoms. The summed E-state index contributed by atoms with van der Waals surface area (Å²) < 4.78 is 30.5. The molecule has 1 unspecified atom stereocenters. The minimum absolute atomic E-state index is 0.188. The van der Waals surface area contributed by atoms with E-state index in [4.69, 9.17) is 9.84 Å². The number of sulfone groups is 1. The highest BCUT2D eigenvalue weighted by atomic mass is 32.2. The van der Waals surface area contributed by atoms with Gasteiger partial charge in [0, 0.05) is 26.2 Å². The fraction of sp³-hybridized carbons (Fsp3) is 0.500. The van der Waals surface area contributed by atoms with E-state index in [1.165, 1.54) is 0 Å². The Morgan fingerprint density at radius 3 is 2.77 bits per heavy atom. The summed E-state index contributed by atoms with van der Waals surface area (Å²) in [5.41, 5.74) is 0. The summed E-state index contributed by atoms with van der Waals surface area (Å²) in [7, 11) is -3.47. The van der Waals surface area contributed by atoms with E-state index in [0.717, 1.165) is 0 Å². The van der Waals surface area contributed by atoms with Crippen LogP contribution in [0.5, 0.6) is 0 Å². The number of benzene rings is 1. The molecule has 1 saturated heterocycles. The van der Waals surface area contributed by atoms with Crippen LogP contribution in [0, 0.1) is 0 Å². The summed E-state index contributed by atoms with van der Waals surface area (Å²) in [6, 6.07) is 8.34. The van der Waals surface area contributed by atoms with E-state index < -0.39 is 21.2 Å². The SMILES string of the molecule is O=C(O)COCCN1CCNCC1S(=O)(=O)c1ccccc1. The van der Waals surface area contributed by atoms with Crippen LogP contribution >= 0.6 is 0 Å². The van der Waals surface area contributed by atoms with Crippen LogP contribution in [0.15, 0.2) is 35.2 Å². The van der Waals surface area contributed by atoms with Crippen molar-refractivity contribution >= 4 is 15.8 Å². The molecule has 1 heterocycles. The normalized spacial score (nSPS) is 19.9. The number of rotatable bonds is 7. The summed E-state index contributed by atoms with van der Waals surface area (Å²) in [6.07, 6.45) is 0. The fourth-order valence-corrected chi connectivity index (χ4v) is 4.18. The molecule has 1 aliphatic heterocycles. The fourth-order valence-electron chi connectivity index (χ4n) is 2.39. The van der Waals surface area contributed by atoms with Crippen LogP contribution in [0.25, 0.3) is 0 Å². The first kappa shape index (κ1) is 16.9. The van der Waals surface area contributed by atoms with Gasteiger partial charge >= 0.3 is 5.97 Å². The van der Waals surface area contributed by atoms with E-state index in [-0.39, 0.29) is 13.2 Å². The van der Waals surface area contributed by atoms with Crippen LogP contribution in [0.2, 0.25) is 0 Å². The molecule has 2 rings (SSSR count). The first-order chi connectivity index (χ1) is 10.5. The van der Waals surface area contributed by atoms with E-state index >= 15 is 0 Å². The second-order valence-electron chi connectivity index (χ2n) is 5.00. The van der Waals surface area contributed by atoms with E-state index in [1.807, 2.05) is 4.90 Å². The Hall–Kier alpha value is -1.48. The predicted molar refractivity (Wildman–Crippen MR) is 80.3 cm³/mol. The van der Waals surface area contributed by atoms with E-state index in [9.17, 15) is 13.2 Å². The van der Waals surface area contributed by atoms with Crippen molar-refractivity contribution in [3.8, 4) is 0 Å². The average molecular weight is 328 g/mol. The van der Waals surface area contributed by atoms with Gasteiger partial charge in [-0.1, -0.05) is 18.2 Å². The van der Waals surface area contributed by atoms with Gasteiger partial charge in [0.15, 0.2) is 9.84 Å². The average Bonchev–Trinajstić information content (AvgIpc) is 2.52. The summed E-state index contributed by atoms with van der Waals surface area (Å²) >= 11 is 0. The van der Waals surface area contributed by atoms with Crippen molar-refractivity contribution < 1.29 is 23.1 Å². The molecule has 0 aliphatic carbocycles. The Labute approximate surface area is 129 Å². The Bertz CT molecular complexity index is 591. The third kappa shape index (κ3) is 4.26. The molecule has 0 saturated carbocycles. The molecule has 122 valence electrons. The molecule has 2 N–H and O–H groups in total. The first-order valence-corrected chi connectivity index (χ1v) is 8.59. The lowest BCUT2D eigenvalue weighted by atomic mass is 10.3. The second-order valence-corrected chi connectivity index (χ2v) is 7.10. The predicted octanol–water partition coefficient (Wildman–Crippen LogP) is -0.207. The number of carboxylic acid groups (broad SMARTS) is 1. The highest BCUT2D eigenvalue weighted by Gasteiger charge is 2.34. The Balaban J connectivity index is 2.04. The Morgan fingerprint density at radius 1 is 1.36 bits per heavy atom. The van der Waals surface area contributed by atoms with Crippen molar-refractivity contribution in [2.45, 2.75) is 10.3 Å². The highest BCUT2D eigenvalue weighted by molar-refractivity contribution is 7.92. The third-order valence-corrected chi connectivity index (χ3v) is 5.59. The quantitative estimate of drug-likeness (QED) is 0.669. The smallest absolute Gasteiger partial charge is 0.329 e. The van der Waals surface area contributed by atoms with Crippen LogP contribution in [0.3, 0.4) is 0 Å². The lowest BCUT2D eigenvalue weighted by molar-refractivity contribution is -0.142. The number of ether oxygens (including phenoxy) is 1. The summed E-state index contributed by atoms with van der Waals surface area (Å²) in [4.78, 5) is 12.5. The lowest BCUT2D eigenvalue weighted by Crippen LogP contribution is -2.55. The molecule has 0 aromatic heterocycles. The Morgan fingerprint density at radius 2 is 2.09 bits per heavy atom. The van der Waals surface area contributed by atoms with Crippen LogP contribution < -0.4 is 5.32 Å². The van der Waals surface area contributed by atoms with Crippen molar-refractivity contribution in [2.75, 3.05) is 39.4 Å². The maximum Gasteiger partial charge on any atom is 0.329 e. The monoisotopic (exact) mass is 328 g/mol. The summed E-state index contributed by atoms with van der Waals surface area (Å²) in [5.74, 6) is -1.03. The van der Waals surface area contributed by atoms with Gasteiger partial charge in [0.2, 0.25) is 0 Å². The minimum Gasteiger partial charge on any atom is -0.480 e. The van der Waals surface area contributed by atoms with Crippen molar-refractivity contribution in [1.82, 2.24) is 10.2 Å². The molecule has 22 heavy (non-hydrogen) atoms. The number of carboxylic acids is 1. The van der Waals surface area contributed by atoms with E-state index in [0.29, 0.717) is 31.1 Å². The number of nitrogens with zero attached hydrogens (tertiary/aromatic N) is 1. The van der Waals surface area contributed by atoms with Crippen LogP contribution in [0.4, 0.5) is 0 Å². The molecular formula is C14H20N2O5S. The second kappa shape index (κ2) is 7.68. The molecule has 8 heteroatoms. The van der Waals surface area contributed by atoms with E-state index in [2.05, 4.69) is 5.32 Å². The lowest BCUT2D eigenvalue weighted by Gasteiger charge is -2.35. The van der Waals surface area contributed by atoms with Crippen molar-refractivity contribution in [3.05, 3.63) is 30.3 Å². The van der Waals surface area contributed by atoms with Crippen LogP contribution in [-0.2, 0) is 19.4 Å². The number of aliphatic carboxylic acids is 1. The van der Waals surface area contributed by atoms with Gasteiger partial charge in [0.1, 0.15) is 12.0 Å². The molecule has 1 atom stereocenters. The van der Waals surface area contributed by atoms with Crippen molar-refractivity contribution in [1.29, 1.82) is 0 Å². The molecule has 0 spiro atoms. The van der Waals surface area contributed by atoms with Crippen molar-refractivity contribution in [3.63, 3.8) is 0 Å². The van der Waals surface area contributed by atoms with Gasteiger partial charge in [-0.05, 0) is 12.1 Å². The molecule has 0 radical (unpaired) electrons. The number of hydrogen-bond acceptors (Lipinski definition) is 6. The largest absolute Gasteiger partial charge is 0.480 e. The van der Waals surface area contributed by atoms with Gasteiger partial charge in [-0.3, -0.25) is 4.90 Å². The van der Waals surface area contributed by atoms with Gasteiger partial charge in [0.25, 0.3) is 0 Å². The number of piperazine rings is 1. The topological polar surface area (TPSA) is 95.9 Å². The summed E-state index contributed by atoms with van der Waals surface area (Å²) in [5, 5.41) is 11.0. The Kier molecular flexibility index (Phi) is 5.90. The van der Waals surface area contributed by atoms with Gasteiger partial charge in [-0.2, -0.15) is 0 Å². The van der Waals surface area contributed by atoms with Crippen LogP contribution in [0.1, 0.15) is 0 Å². The zero-order chi connectivity index (χ0) is 16.0. The highest BCUT2D eigenvalue weighted by Crippen LogP contribution is 2.19. The molecule has 0 amide bonds. The molecular weight excluding hydrogens is 308 g/mol. The molecule has 1 fully saturated rings. The number of nitrogens with one attached hydrogen (secondary N) is 1. The third-order valence-electron chi connectivity index (χ3n) is 3.48. The van der Waals surface area contributed by atoms with E-state index in [1.54, 1.807) is 30.3 Å². The molecule has 1 aliphatic rings. The minimum atomic E-state index is -3.47. The maximum absolute atomic E-state index is 12.7. The van der Waals surface area contributed by atoms with Gasteiger partial charge in [0.05, 0.1) is 11.5 Å². The van der Waals surface area contributed by atoms with Crippen molar-refractivity contribution in [2.24, 2.45) is 0 Å². The molecule has 1 aromatic carbocycles. The first-order valence-electron chi connectivity index (χ1n) is 7.05. The van der Waals surface area contributed by atoms with Gasteiger partial charge in [-0.15, -0.1) is 0 Å². The van der Waals surface area contributed by atoms with Crippen LogP contribution in [-0.4, -0.2) is 69.2 Å². The molecule has 7 nitrogen and oxygen atoms in total. The standard InChI is InChI=1S/C14H20N2O5S/c17-14(18)11-21-9-8-16-7-6-15-10-13(16)22(19,20)12-4-2-1-3-5-12/h1-5,13,15H,6-11H2,(H,17,18). The molecule has 1 aromatic rings. The number of hydrogen-bond donors (Lipinski definition) is 2. The maximum atomic E-state index is 12.7. The van der Waals surface area contributed by atoms with Gasteiger partial charge in [-0.25, -0.2) is 13.2 Å². The van der Waals surface area contributed by atoms with Gasteiger partial charge < -0.3 is 15.2 Å².